The number of rotatable bonds is 7. The number of hydrogen-bond acceptors (Lipinski definition) is 3. The quantitative estimate of drug-likeness (QED) is 0.562. The SMILES string of the molecule is CC(C)CC(N=Cc1ccccc1O)C(O)(c1ccccc1)c1ccccc1. The first-order chi connectivity index (χ1) is 13.5. The number of nitrogens with zero attached hydrogens (tertiary/aromatic N) is 1. The molecular formula is C25H27NO2. The molecule has 144 valence electrons. The van der Waals surface area contributed by atoms with Crippen LogP contribution in [0.4, 0.5) is 0 Å². The molecule has 0 aliphatic heterocycles. The lowest BCUT2D eigenvalue weighted by Crippen LogP contribution is -2.40. The lowest BCUT2D eigenvalue weighted by Gasteiger charge is -2.36. The fourth-order valence-electron chi connectivity index (χ4n) is 3.49. The van der Waals surface area contributed by atoms with E-state index >= 15 is 0 Å². The van der Waals surface area contributed by atoms with Crippen LogP contribution in [0.15, 0.2) is 89.9 Å². The summed E-state index contributed by atoms with van der Waals surface area (Å²) in [6.45, 7) is 4.25. The summed E-state index contributed by atoms with van der Waals surface area (Å²) in [5, 5.41) is 22.1. The lowest BCUT2D eigenvalue weighted by molar-refractivity contribution is 0.0454. The molecule has 0 spiro atoms. The molecule has 1 atom stereocenters. The molecule has 0 radical (unpaired) electrons. The average molecular weight is 373 g/mol. The number of phenolic OH excluding ortho intramolecular Hbond substituents is 1. The van der Waals surface area contributed by atoms with E-state index in [2.05, 4.69) is 13.8 Å². The summed E-state index contributed by atoms with van der Waals surface area (Å²) < 4.78 is 0. The molecule has 3 aromatic carbocycles. The summed E-state index contributed by atoms with van der Waals surface area (Å²) in [4.78, 5) is 4.78. The third kappa shape index (κ3) is 4.32. The highest BCUT2D eigenvalue weighted by molar-refractivity contribution is 5.83. The van der Waals surface area contributed by atoms with Crippen LogP contribution in [-0.2, 0) is 5.60 Å². The first-order valence-electron chi connectivity index (χ1n) is 9.66. The van der Waals surface area contributed by atoms with E-state index in [-0.39, 0.29) is 5.75 Å². The minimum Gasteiger partial charge on any atom is -0.507 e. The van der Waals surface area contributed by atoms with Crippen molar-refractivity contribution in [1.82, 2.24) is 0 Å². The number of para-hydroxylation sites is 1. The van der Waals surface area contributed by atoms with Gasteiger partial charge in [-0.25, -0.2) is 0 Å². The molecule has 0 aliphatic rings. The maximum Gasteiger partial charge on any atom is 0.137 e. The molecule has 0 aliphatic carbocycles. The van der Waals surface area contributed by atoms with Crippen molar-refractivity contribution in [2.24, 2.45) is 10.9 Å². The van der Waals surface area contributed by atoms with Crippen LogP contribution < -0.4 is 0 Å². The van der Waals surface area contributed by atoms with E-state index in [0.717, 1.165) is 11.1 Å². The van der Waals surface area contributed by atoms with Crippen molar-refractivity contribution >= 4 is 6.21 Å². The Morgan fingerprint density at radius 1 is 0.821 bits per heavy atom. The number of aliphatic hydroxyl groups is 1. The Labute approximate surface area is 167 Å². The average Bonchev–Trinajstić information content (AvgIpc) is 2.72. The molecule has 2 N–H and O–H groups in total. The van der Waals surface area contributed by atoms with Gasteiger partial charge in [-0.3, -0.25) is 4.99 Å². The largest absolute Gasteiger partial charge is 0.507 e. The van der Waals surface area contributed by atoms with Gasteiger partial charge in [0.1, 0.15) is 11.4 Å². The topological polar surface area (TPSA) is 52.8 Å². The molecular weight excluding hydrogens is 346 g/mol. The molecule has 1 unspecified atom stereocenters. The molecule has 0 aromatic heterocycles. The third-order valence-electron chi connectivity index (χ3n) is 4.94. The normalized spacial score (nSPS) is 13.1. The van der Waals surface area contributed by atoms with Crippen LogP contribution in [0.1, 0.15) is 37.0 Å². The highest BCUT2D eigenvalue weighted by atomic mass is 16.3. The van der Waals surface area contributed by atoms with Crippen LogP contribution in [-0.4, -0.2) is 22.5 Å². The van der Waals surface area contributed by atoms with Gasteiger partial charge in [0.25, 0.3) is 0 Å². The predicted octanol–water partition coefficient (Wildman–Crippen LogP) is 5.16. The first kappa shape index (κ1) is 19.8. The van der Waals surface area contributed by atoms with Crippen LogP contribution in [0.25, 0.3) is 0 Å². The van der Waals surface area contributed by atoms with Crippen LogP contribution in [0.5, 0.6) is 5.75 Å². The summed E-state index contributed by atoms with van der Waals surface area (Å²) in [5.41, 5.74) is 0.982. The highest BCUT2D eigenvalue weighted by Gasteiger charge is 2.40. The Kier molecular flexibility index (Phi) is 6.27. The van der Waals surface area contributed by atoms with Crippen molar-refractivity contribution in [2.45, 2.75) is 31.9 Å². The van der Waals surface area contributed by atoms with Crippen molar-refractivity contribution in [3.8, 4) is 5.75 Å². The Bertz CT molecular complexity index is 865. The van der Waals surface area contributed by atoms with Gasteiger partial charge in [-0.2, -0.15) is 0 Å². The molecule has 0 saturated heterocycles. The molecule has 0 saturated carbocycles. The minimum absolute atomic E-state index is 0.178. The van der Waals surface area contributed by atoms with Gasteiger partial charge in [0.2, 0.25) is 0 Å². The summed E-state index contributed by atoms with van der Waals surface area (Å²) in [5.74, 6) is 0.517. The lowest BCUT2D eigenvalue weighted by atomic mass is 9.77. The van der Waals surface area contributed by atoms with E-state index in [1.165, 1.54) is 0 Å². The molecule has 0 fully saturated rings. The van der Waals surface area contributed by atoms with Gasteiger partial charge < -0.3 is 10.2 Å². The Morgan fingerprint density at radius 3 is 1.82 bits per heavy atom. The van der Waals surface area contributed by atoms with E-state index in [1.807, 2.05) is 72.8 Å². The second-order valence-corrected chi connectivity index (χ2v) is 7.48. The first-order valence-corrected chi connectivity index (χ1v) is 9.66. The maximum absolute atomic E-state index is 12.0. The minimum atomic E-state index is -1.27. The van der Waals surface area contributed by atoms with Gasteiger partial charge >= 0.3 is 0 Å². The molecule has 3 heteroatoms. The third-order valence-corrected chi connectivity index (χ3v) is 4.94. The number of hydrogen-bond donors (Lipinski definition) is 2. The van der Waals surface area contributed by atoms with Crippen LogP contribution in [0.3, 0.4) is 0 Å². The van der Waals surface area contributed by atoms with E-state index in [1.54, 1.807) is 18.3 Å². The van der Waals surface area contributed by atoms with E-state index in [4.69, 9.17) is 4.99 Å². The second-order valence-electron chi connectivity index (χ2n) is 7.48. The van der Waals surface area contributed by atoms with Gasteiger partial charge in [-0.05, 0) is 35.6 Å². The molecule has 0 bridgehead atoms. The molecule has 3 rings (SSSR count). The van der Waals surface area contributed by atoms with Crippen LogP contribution in [0.2, 0.25) is 0 Å². The van der Waals surface area contributed by atoms with Gasteiger partial charge in [-0.1, -0.05) is 86.6 Å². The molecule has 3 aromatic rings. The highest BCUT2D eigenvalue weighted by Crippen LogP contribution is 2.37. The Morgan fingerprint density at radius 2 is 1.32 bits per heavy atom. The van der Waals surface area contributed by atoms with Crippen LogP contribution >= 0.6 is 0 Å². The number of aliphatic imine (C=N–C) groups is 1. The molecule has 0 amide bonds. The summed E-state index contributed by atoms with van der Waals surface area (Å²) >= 11 is 0. The molecule has 0 heterocycles. The van der Waals surface area contributed by atoms with Crippen LogP contribution in [0, 0.1) is 5.92 Å². The number of aromatic hydroxyl groups is 1. The van der Waals surface area contributed by atoms with Gasteiger partial charge in [0, 0.05) is 11.8 Å². The van der Waals surface area contributed by atoms with Crippen molar-refractivity contribution in [1.29, 1.82) is 0 Å². The smallest absolute Gasteiger partial charge is 0.137 e. The second kappa shape index (κ2) is 8.85. The summed E-state index contributed by atoms with van der Waals surface area (Å²) in [7, 11) is 0. The maximum atomic E-state index is 12.0. The van der Waals surface area contributed by atoms with Gasteiger partial charge in [-0.15, -0.1) is 0 Å². The summed E-state index contributed by atoms with van der Waals surface area (Å²) in [6.07, 6.45) is 2.36. The zero-order valence-corrected chi connectivity index (χ0v) is 16.4. The number of benzene rings is 3. The number of phenols is 1. The Balaban J connectivity index is 2.11. The Hall–Kier alpha value is -2.91. The molecule has 28 heavy (non-hydrogen) atoms. The zero-order chi connectivity index (χ0) is 20.0. The van der Waals surface area contributed by atoms with Gasteiger partial charge in [0.05, 0.1) is 6.04 Å². The molecule has 3 nitrogen and oxygen atoms in total. The fourth-order valence-corrected chi connectivity index (χ4v) is 3.49. The van der Waals surface area contributed by atoms with E-state index in [0.29, 0.717) is 17.9 Å². The van der Waals surface area contributed by atoms with Gasteiger partial charge in [0.15, 0.2) is 0 Å². The van der Waals surface area contributed by atoms with E-state index < -0.39 is 11.6 Å². The zero-order valence-electron chi connectivity index (χ0n) is 16.4. The monoisotopic (exact) mass is 373 g/mol. The van der Waals surface area contributed by atoms with Crippen molar-refractivity contribution in [2.75, 3.05) is 0 Å². The summed E-state index contributed by atoms with van der Waals surface area (Å²) in [6, 6.07) is 26.1. The fraction of sp³-hybridized carbons (Fsp3) is 0.240. The predicted molar refractivity (Wildman–Crippen MR) is 115 cm³/mol. The van der Waals surface area contributed by atoms with E-state index in [9.17, 15) is 10.2 Å². The van der Waals surface area contributed by atoms with Crippen molar-refractivity contribution < 1.29 is 10.2 Å². The van der Waals surface area contributed by atoms with Crippen molar-refractivity contribution in [3.05, 3.63) is 102 Å². The van der Waals surface area contributed by atoms with Crippen molar-refractivity contribution in [3.63, 3.8) is 0 Å². The standard InChI is InChI=1S/C25H27NO2/c1-19(2)17-24(26-18-20-11-9-10-16-23(20)27)25(28,21-12-5-3-6-13-21)22-14-7-4-8-15-22/h3-16,18-19,24,27-28H,17H2,1-2H3.